The number of amides is 15. The highest BCUT2D eigenvalue weighted by atomic mass is 16.4. The van der Waals surface area contributed by atoms with Gasteiger partial charge in [-0.1, -0.05) is 55.4 Å². The van der Waals surface area contributed by atoms with Crippen LogP contribution in [0.5, 0.6) is 0 Å². The molecule has 0 heterocycles. The van der Waals surface area contributed by atoms with E-state index in [4.69, 9.17) is 34.4 Å². The zero-order valence-electron chi connectivity index (χ0n) is 57.9. The standard InChI is InChI=1S/C61H108N18O20/c1-29(2)26-40(75-54(91)36(17-21-43(66)82)72-58(95)47(30(3)4)77-51(88)34(64)16-20-42(65)81)57(94)79-49(32(7)8)60(97)73-37(18-22-44(67)83)55(92)76-41(28-80)52(89)68-27-45(84)69-33(9)50(87)70-38(19-23-46(85)86)56(93)78-48(31(5)6)59(96)71-35(14-10-12-24-62)53(90)74-39(61(98)99)15-11-13-25-63/h29-41,47-49,80H,10-28,62-64H2,1-9H3,(H2,65,81)(H2,66,82)(H2,67,83)(H,68,89)(H,69,84)(H,70,87)(H,71,96)(H,72,95)(H,73,97)(H,74,90)(H,75,91)(H,76,92)(H,77,88)(H,78,93)(H,79,94)(H,85,86)(H,98,99)/t33-,34-,35-,36-,37-,38-,39-,40-,41-,47-,48-,49-/m0/s1. The van der Waals surface area contributed by atoms with E-state index in [1.54, 1.807) is 27.7 Å². The summed E-state index contributed by atoms with van der Waals surface area (Å²) in [4.78, 5) is 222. The molecule has 0 spiro atoms. The Morgan fingerprint density at radius 2 is 0.687 bits per heavy atom. The average Bonchev–Trinajstić information content (AvgIpc) is 0.869. The van der Waals surface area contributed by atoms with E-state index in [0.717, 1.165) is 6.92 Å². The van der Waals surface area contributed by atoms with Crippen molar-refractivity contribution < 1.29 is 96.8 Å². The van der Waals surface area contributed by atoms with E-state index in [-0.39, 0.29) is 51.0 Å². The Hall–Kier alpha value is -9.17. The van der Waals surface area contributed by atoms with Gasteiger partial charge in [0.15, 0.2) is 0 Å². The second-order valence-corrected chi connectivity index (χ2v) is 25.4. The van der Waals surface area contributed by atoms with Crippen molar-refractivity contribution in [3.63, 3.8) is 0 Å². The number of aliphatic hydroxyl groups excluding tert-OH is 1. The van der Waals surface area contributed by atoms with Crippen LogP contribution in [0.2, 0.25) is 0 Å². The monoisotopic (exact) mass is 1410 g/mol. The third-order valence-electron chi connectivity index (χ3n) is 15.2. The van der Waals surface area contributed by atoms with Gasteiger partial charge in [0.1, 0.15) is 66.5 Å². The molecule has 38 nitrogen and oxygen atoms in total. The van der Waals surface area contributed by atoms with Crippen LogP contribution in [0, 0.1) is 23.7 Å². The summed E-state index contributed by atoms with van der Waals surface area (Å²) in [6.07, 6.45) is -1.72. The number of carboxylic acids is 2. The molecule has 15 amide bonds. The summed E-state index contributed by atoms with van der Waals surface area (Å²) in [5, 5.41) is 58.3. The molecule has 0 aliphatic rings. The lowest BCUT2D eigenvalue weighted by Crippen LogP contribution is -2.61. The first-order valence-corrected chi connectivity index (χ1v) is 32.9. The maximum absolute atomic E-state index is 14.1. The van der Waals surface area contributed by atoms with Crippen LogP contribution >= 0.6 is 0 Å². The summed E-state index contributed by atoms with van der Waals surface area (Å²) in [5.41, 5.74) is 33.0. The minimum atomic E-state index is -1.85. The minimum absolute atomic E-state index is 0.0290. The molecule has 12 atom stereocenters. The first-order valence-electron chi connectivity index (χ1n) is 32.9. The van der Waals surface area contributed by atoms with Gasteiger partial charge in [0.05, 0.1) is 19.2 Å². The quantitative estimate of drug-likeness (QED) is 0.0252. The molecule has 0 unspecified atom stereocenters. The van der Waals surface area contributed by atoms with Crippen LogP contribution in [0.3, 0.4) is 0 Å². The van der Waals surface area contributed by atoms with Crippen molar-refractivity contribution in [1.29, 1.82) is 0 Å². The average molecular weight is 1410 g/mol. The van der Waals surface area contributed by atoms with E-state index < -0.39 is 236 Å². The van der Waals surface area contributed by atoms with Crippen molar-refractivity contribution in [3.8, 4) is 0 Å². The van der Waals surface area contributed by atoms with Gasteiger partial charge in [0, 0.05) is 25.7 Å². The first-order chi connectivity index (χ1) is 46.2. The topological polar surface area (TPSA) is 651 Å². The fraction of sp³-hybridized carbons (Fsp3) is 0.721. The molecule has 0 fully saturated rings. The lowest BCUT2D eigenvalue weighted by atomic mass is 9.98. The van der Waals surface area contributed by atoms with Crippen LogP contribution < -0.4 is 98.2 Å². The zero-order valence-corrected chi connectivity index (χ0v) is 57.9. The Morgan fingerprint density at radius 3 is 1.06 bits per heavy atom. The molecule has 99 heavy (non-hydrogen) atoms. The van der Waals surface area contributed by atoms with Gasteiger partial charge in [0.2, 0.25) is 88.6 Å². The third kappa shape index (κ3) is 36.3. The Morgan fingerprint density at radius 1 is 0.354 bits per heavy atom. The molecule has 27 N–H and O–H groups in total. The highest BCUT2D eigenvalue weighted by Gasteiger charge is 2.38. The minimum Gasteiger partial charge on any atom is -0.481 e. The van der Waals surface area contributed by atoms with Gasteiger partial charge in [-0.25, -0.2) is 4.79 Å². The van der Waals surface area contributed by atoms with E-state index in [2.05, 4.69) is 63.8 Å². The van der Waals surface area contributed by atoms with Crippen molar-refractivity contribution in [2.45, 2.75) is 231 Å². The first kappa shape index (κ1) is 89.8. The molecule has 0 bridgehead atoms. The van der Waals surface area contributed by atoms with Crippen molar-refractivity contribution in [2.24, 2.45) is 58.1 Å². The van der Waals surface area contributed by atoms with E-state index in [1.807, 2.05) is 0 Å². The number of primary amides is 3. The number of hydrogen-bond donors (Lipinski definition) is 21. The lowest BCUT2D eigenvalue weighted by Gasteiger charge is -2.29. The SMILES string of the molecule is CC(C)C[C@H](NC(=O)[C@H](CCC(N)=O)NC(=O)[C@@H](NC(=O)[C@@H](N)CCC(N)=O)C(C)C)C(=O)N[C@H](C(=O)N[C@@H](CCC(N)=O)C(=O)N[C@@H](CO)C(=O)NCC(=O)N[C@@H](C)C(=O)N[C@@H](CCC(=O)O)C(=O)N[C@H](C(=O)N[C@@H](CCCCN)C(=O)N[C@@H](CCCCN)C(=O)O)C(C)C)C(C)C. The van der Waals surface area contributed by atoms with E-state index in [0.29, 0.717) is 32.2 Å². The highest BCUT2D eigenvalue weighted by Crippen LogP contribution is 2.14. The molecule has 0 aromatic rings. The van der Waals surface area contributed by atoms with E-state index in [9.17, 15) is 96.8 Å². The normalized spacial score (nSPS) is 14.8. The molecule has 0 aromatic carbocycles. The molecule has 0 radical (unpaired) electrons. The number of nitrogens with two attached hydrogens (primary N) is 6. The van der Waals surface area contributed by atoms with Gasteiger partial charge in [-0.3, -0.25) is 76.7 Å². The van der Waals surface area contributed by atoms with Crippen LogP contribution in [0.25, 0.3) is 0 Å². The zero-order chi connectivity index (χ0) is 76.0. The molecule has 0 saturated carbocycles. The Kier molecular flexibility index (Phi) is 42.6. The molecule has 0 aliphatic heterocycles. The molecule has 0 rings (SSSR count). The molecule has 0 aliphatic carbocycles. The second kappa shape index (κ2) is 46.9. The smallest absolute Gasteiger partial charge is 0.326 e. The van der Waals surface area contributed by atoms with Crippen LogP contribution in [0.4, 0.5) is 0 Å². The number of carbonyl (C=O) groups is 17. The molecular weight excluding hydrogens is 1300 g/mol. The van der Waals surface area contributed by atoms with Gasteiger partial charge < -0.3 is 114 Å². The Bertz CT molecular complexity index is 2770. The number of carbonyl (C=O) groups excluding carboxylic acids is 15. The predicted molar refractivity (Wildman–Crippen MR) is 355 cm³/mol. The number of carboxylic acid groups (broad SMARTS) is 2. The van der Waals surface area contributed by atoms with Gasteiger partial charge in [-0.15, -0.1) is 0 Å². The predicted octanol–water partition coefficient (Wildman–Crippen LogP) is -7.21. The van der Waals surface area contributed by atoms with Crippen molar-refractivity contribution >= 4 is 101 Å². The van der Waals surface area contributed by atoms with Gasteiger partial charge in [-0.2, -0.15) is 0 Å². The third-order valence-corrected chi connectivity index (χ3v) is 15.2. The maximum atomic E-state index is 14.1. The summed E-state index contributed by atoms with van der Waals surface area (Å²) in [6, 6.07) is -17.7. The molecule has 562 valence electrons. The number of aliphatic hydroxyl groups is 1. The summed E-state index contributed by atoms with van der Waals surface area (Å²) >= 11 is 0. The number of unbranched alkanes of at least 4 members (excludes halogenated alkanes) is 2. The Labute approximate surface area is 574 Å². The number of hydrogen-bond acceptors (Lipinski definition) is 21. The number of nitrogens with one attached hydrogen (secondary N) is 12. The van der Waals surface area contributed by atoms with E-state index in [1.165, 1.54) is 27.7 Å². The Balaban J connectivity index is 6.38. The summed E-state index contributed by atoms with van der Waals surface area (Å²) in [7, 11) is 0. The van der Waals surface area contributed by atoms with Crippen LogP contribution in [-0.2, 0) is 81.5 Å². The second-order valence-electron chi connectivity index (χ2n) is 25.4. The van der Waals surface area contributed by atoms with Crippen molar-refractivity contribution in [3.05, 3.63) is 0 Å². The van der Waals surface area contributed by atoms with Gasteiger partial charge >= 0.3 is 11.9 Å². The summed E-state index contributed by atoms with van der Waals surface area (Å²) < 4.78 is 0. The molecule has 38 heteroatoms. The van der Waals surface area contributed by atoms with Crippen LogP contribution in [-0.4, -0.2) is 215 Å². The molecule has 0 aromatic heterocycles. The van der Waals surface area contributed by atoms with Crippen LogP contribution in [0.1, 0.15) is 159 Å². The largest absolute Gasteiger partial charge is 0.481 e. The lowest BCUT2D eigenvalue weighted by molar-refractivity contribution is -0.143. The van der Waals surface area contributed by atoms with Crippen LogP contribution in [0.15, 0.2) is 0 Å². The summed E-state index contributed by atoms with van der Waals surface area (Å²) in [5.74, 6) is -19.4. The fourth-order valence-corrected chi connectivity index (χ4v) is 9.40. The molecule has 0 saturated heterocycles. The molecular formula is C61H108N18O20. The van der Waals surface area contributed by atoms with Crippen molar-refractivity contribution in [1.82, 2.24) is 63.8 Å². The van der Waals surface area contributed by atoms with Gasteiger partial charge in [0.25, 0.3) is 0 Å². The fourth-order valence-electron chi connectivity index (χ4n) is 9.40. The van der Waals surface area contributed by atoms with Crippen molar-refractivity contribution in [2.75, 3.05) is 26.2 Å². The maximum Gasteiger partial charge on any atom is 0.326 e. The number of rotatable bonds is 51. The van der Waals surface area contributed by atoms with Gasteiger partial charge in [-0.05, 0) is 114 Å². The number of aliphatic carboxylic acids is 2. The highest BCUT2D eigenvalue weighted by molar-refractivity contribution is 6.00. The van der Waals surface area contributed by atoms with E-state index >= 15 is 0 Å². The summed E-state index contributed by atoms with van der Waals surface area (Å²) in [6.45, 7) is 12.3.